The number of aliphatic hydroxyl groups is 1. The zero-order valence-corrected chi connectivity index (χ0v) is 9.62. The molecule has 0 aliphatic carbocycles. The number of rotatable bonds is 3. The van der Waals surface area contributed by atoms with Crippen LogP contribution in [0.4, 0.5) is 0 Å². The third kappa shape index (κ3) is 3.56. The molecule has 1 aliphatic heterocycles. The van der Waals surface area contributed by atoms with E-state index in [9.17, 15) is 5.11 Å². The van der Waals surface area contributed by atoms with Gasteiger partial charge in [-0.2, -0.15) is 0 Å². The van der Waals surface area contributed by atoms with Crippen molar-refractivity contribution < 1.29 is 14.6 Å². The van der Waals surface area contributed by atoms with Crippen LogP contribution in [0.3, 0.4) is 0 Å². The van der Waals surface area contributed by atoms with Crippen LogP contribution in [0.5, 0.6) is 0 Å². The molecule has 0 aromatic heterocycles. The van der Waals surface area contributed by atoms with Crippen molar-refractivity contribution in [2.45, 2.75) is 71.1 Å². The fourth-order valence-corrected chi connectivity index (χ4v) is 1.99. The first-order valence-corrected chi connectivity index (χ1v) is 5.46. The Morgan fingerprint density at radius 2 is 2.07 bits per heavy atom. The third-order valence-electron chi connectivity index (χ3n) is 2.54. The molecule has 1 N–H and O–H groups in total. The number of aliphatic hydroxyl groups excluding tert-OH is 1. The lowest BCUT2D eigenvalue weighted by molar-refractivity contribution is -0.299. The van der Waals surface area contributed by atoms with Crippen LogP contribution < -0.4 is 0 Å². The molecule has 0 bridgehead atoms. The van der Waals surface area contributed by atoms with E-state index in [4.69, 9.17) is 9.47 Å². The molecule has 0 amide bonds. The Bertz CT molecular complexity index is 179. The molecule has 1 rings (SSSR count). The summed E-state index contributed by atoms with van der Waals surface area (Å²) in [6, 6.07) is 0. The van der Waals surface area contributed by atoms with Crippen molar-refractivity contribution in [3.05, 3.63) is 0 Å². The van der Waals surface area contributed by atoms with Gasteiger partial charge in [0, 0.05) is 0 Å². The largest absolute Gasteiger partial charge is 0.393 e. The monoisotopic (exact) mass is 202 g/mol. The highest BCUT2D eigenvalue weighted by Crippen LogP contribution is 2.28. The van der Waals surface area contributed by atoms with Crippen molar-refractivity contribution in [2.24, 2.45) is 0 Å². The van der Waals surface area contributed by atoms with Crippen molar-refractivity contribution >= 4 is 0 Å². The van der Waals surface area contributed by atoms with Gasteiger partial charge in [-0.25, -0.2) is 0 Å². The van der Waals surface area contributed by atoms with Crippen LogP contribution in [-0.2, 0) is 9.47 Å². The van der Waals surface area contributed by atoms with Crippen LogP contribution in [0, 0.1) is 0 Å². The molecular weight excluding hydrogens is 180 g/mol. The lowest BCUT2D eigenvalue weighted by Gasteiger charge is -2.40. The fourth-order valence-electron chi connectivity index (χ4n) is 1.99. The Balaban J connectivity index is 2.45. The van der Waals surface area contributed by atoms with Gasteiger partial charge >= 0.3 is 0 Å². The normalized spacial score (nSPS) is 34.1. The first-order valence-electron chi connectivity index (χ1n) is 5.46. The standard InChI is InChI=1S/C11H22O3/c1-5-9(12)7-10-6-8(2)13-11(3,4)14-10/h8-10,12H,5-7H2,1-4H3/t8-,9-,10-/m1/s1. The fraction of sp³-hybridized carbons (Fsp3) is 1.00. The Labute approximate surface area is 86.4 Å². The van der Waals surface area contributed by atoms with E-state index < -0.39 is 5.79 Å². The molecule has 0 aromatic rings. The van der Waals surface area contributed by atoms with Gasteiger partial charge in [0.15, 0.2) is 5.79 Å². The molecule has 3 atom stereocenters. The Morgan fingerprint density at radius 1 is 1.43 bits per heavy atom. The Hall–Kier alpha value is -0.120. The molecule has 1 aliphatic rings. The predicted molar refractivity (Wildman–Crippen MR) is 55.0 cm³/mol. The smallest absolute Gasteiger partial charge is 0.163 e. The van der Waals surface area contributed by atoms with Crippen molar-refractivity contribution in [3.8, 4) is 0 Å². The zero-order valence-electron chi connectivity index (χ0n) is 9.62. The van der Waals surface area contributed by atoms with Crippen molar-refractivity contribution in [1.29, 1.82) is 0 Å². The number of hydrogen-bond acceptors (Lipinski definition) is 3. The minimum absolute atomic E-state index is 0.128. The van der Waals surface area contributed by atoms with Crippen molar-refractivity contribution in [3.63, 3.8) is 0 Å². The SMILES string of the molecule is CC[C@@H](O)C[C@H]1C[C@@H](C)OC(C)(C)O1. The summed E-state index contributed by atoms with van der Waals surface area (Å²) in [6.07, 6.45) is 2.47. The summed E-state index contributed by atoms with van der Waals surface area (Å²) >= 11 is 0. The Morgan fingerprint density at radius 3 is 2.57 bits per heavy atom. The first-order chi connectivity index (χ1) is 6.43. The van der Waals surface area contributed by atoms with Gasteiger partial charge in [0.25, 0.3) is 0 Å². The minimum Gasteiger partial charge on any atom is -0.393 e. The van der Waals surface area contributed by atoms with E-state index in [-0.39, 0.29) is 18.3 Å². The highest BCUT2D eigenvalue weighted by Gasteiger charge is 2.33. The summed E-state index contributed by atoms with van der Waals surface area (Å²) < 4.78 is 11.3. The van der Waals surface area contributed by atoms with Crippen LogP contribution >= 0.6 is 0 Å². The van der Waals surface area contributed by atoms with Crippen LogP contribution in [0.25, 0.3) is 0 Å². The van der Waals surface area contributed by atoms with E-state index in [0.29, 0.717) is 6.42 Å². The molecule has 1 saturated heterocycles. The number of hydrogen-bond donors (Lipinski definition) is 1. The van der Waals surface area contributed by atoms with Gasteiger partial charge in [0.05, 0.1) is 18.3 Å². The summed E-state index contributed by atoms with van der Waals surface area (Å²) in [5.41, 5.74) is 0. The lowest BCUT2D eigenvalue weighted by atomic mass is 10.0. The van der Waals surface area contributed by atoms with Gasteiger partial charge in [-0.05, 0) is 40.0 Å². The van der Waals surface area contributed by atoms with E-state index in [1.54, 1.807) is 0 Å². The molecule has 3 heteroatoms. The van der Waals surface area contributed by atoms with E-state index in [1.165, 1.54) is 0 Å². The molecule has 0 unspecified atom stereocenters. The van der Waals surface area contributed by atoms with Crippen molar-refractivity contribution in [1.82, 2.24) is 0 Å². The highest BCUT2D eigenvalue weighted by atomic mass is 16.7. The molecular formula is C11H22O3. The highest BCUT2D eigenvalue weighted by molar-refractivity contribution is 4.75. The zero-order chi connectivity index (χ0) is 10.8. The topological polar surface area (TPSA) is 38.7 Å². The van der Waals surface area contributed by atoms with E-state index >= 15 is 0 Å². The van der Waals surface area contributed by atoms with Gasteiger partial charge in [0.1, 0.15) is 0 Å². The average molecular weight is 202 g/mol. The second-order valence-electron chi connectivity index (χ2n) is 4.60. The first kappa shape index (κ1) is 12.0. The van der Waals surface area contributed by atoms with E-state index in [0.717, 1.165) is 12.8 Å². The van der Waals surface area contributed by atoms with Gasteiger partial charge in [-0.15, -0.1) is 0 Å². The summed E-state index contributed by atoms with van der Waals surface area (Å²) in [6.45, 7) is 7.89. The number of ether oxygens (including phenoxy) is 2. The third-order valence-corrected chi connectivity index (χ3v) is 2.54. The summed E-state index contributed by atoms with van der Waals surface area (Å²) in [7, 11) is 0. The van der Waals surface area contributed by atoms with Crippen LogP contribution in [0.1, 0.15) is 47.0 Å². The second-order valence-corrected chi connectivity index (χ2v) is 4.60. The Kier molecular flexibility index (Phi) is 3.93. The van der Waals surface area contributed by atoms with Crippen LogP contribution in [0.2, 0.25) is 0 Å². The molecule has 0 saturated carbocycles. The van der Waals surface area contributed by atoms with Gasteiger partial charge in [-0.3, -0.25) is 0 Å². The molecule has 0 radical (unpaired) electrons. The molecule has 3 nitrogen and oxygen atoms in total. The molecule has 84 valence electrons. The van der Waals surface area contributed by atoms with Crippen LogP contribution in [-0.4, -0.2) is 29.2 Å². The molecule has 14 heavy (non-hydrogen) atoms. The van der Waals surface area contributed by atoms with Gasteiger partial charge in [0.2, 0.25) is 0 Å². The van der Waals surface area contributed by atoms with Gasteiger partial charge < -0.3 is 14.6 Å². The van der Waals surface area contributed by atoms with Crippen molar-refractivity contribution in [2.75, 3.05) is 0 Å². The van der Waals surface area contributed by atoms with Crippen LogP contribution in [0.15, 0.2) is 0 Å². The van der Waals surface area contributed by atoms with E-state index in [1.807, 2.05) is 20.8 Å². The second kappa shape index (κ2) is 4.60. The maximum Gasteiger partial charge on any atom is 0.163 e. The molecule has 1 fully saturated rings. The minimum atomic E-state index is -0.504. The maximum atomic E-state index is 9.55. The van der Waals surface area contributed by atoms with E-state index in [2.05, 4.69) is 6.92 Å². The molecule has 1 heterocycles. The molecule has 0 aromatic carbocycles. The predicted octanol–water partition coefficient (Wildman–Crippen LogP) is 2.08. The average Bonchev–Trinajstić information content (AvgIpc) is 1.99. The summed E-state index contributed by atoms with van der Waals surface area (Å²) in [5.74, 6) is -0.504. The quantitative estimate of drug-likeness (QED) is 0.761. The summed E-state index contributed by atoms with van der Waals surface area (Å²) in [4.78, 5) is 0. The lowest BCUT2D eigenvalue weighted by Crippen LogP contribution is -2.44. The maximum absolute atomic E-state index is 9.55. The molecule has 0 spiro atoms. The van der Waals surface area contributed by atoms with Gasteiger partial charge in [-0.1, -0.05) is 6.92 Å². The summed E-state index contributed by atoms with van der Waals surface area (Å²) in [5, 5.41) is 9.55.